The Labute approximate surface area is 220 Å². The molecule has 9 heteroatoms. The summed E-state index contributed by atoms with van der Waals surface area (Å²) in [4.78, 5) is 29.3. The van der Waals surface area contributed by atoms with E-state index < -0.39 is 17.4 Å². The summed E-state index contributed by atoms with van der Waals surface area (Å²) in [6.07, 6.45) is 8.62. The molecule has 1 aromatic carbocycles. The van der Waals surface area contributed by atoms with Crippen molar-refractivity contribution < 1.29 is 9.13 Å². The van der Waals surface area contributed by atoms with Crippen molar-refractivity contribution in [1.82, 2.24) is 24.8 Å². The number of ether oxygens (including phenoxy) is 1. The summed E-state index contributed by atoms with van der Waals surface area (Å²) in [7, 11) is 0. The Balaban J connectivity index is 1.37. The van der Waals surface area contributed by atoms with Crippen molar-refractivity contribution in [2.24, 2.45) is 5.92 Å². The minimum Gasteiger partial charge on any atom is -0.490 e. The van der Waals surface area contributed by atoms with Crippen LogP contribution in [-0.2, 0) is 0 Å². The van der Waals surface area contributed by atoms with Crippen molar-refractivity contribution in [3.8, 4) is 28.4 Å². The van der Waals surface area contributed by atoms with Crippen LogP contribution in [0.15, 0.2) is 72.0 Å². The zero-order valence-corrected chi connectivity index (χ0v) is 21.0. The highest BCUT2D eigenvalue weighted by molar-refractivity contribution is 5.63. The lowest BCUT2D eigenvalue weighted by molar-refractivity contribution is 0.214. The summed E-state index contributed by atoms with van der Waals surface area (Å²) >= 11 is 0. The zero-order valence-electron chi connectivity index (χ0n) is 21.0. The first-order valence-electron chi connectivity index (χ1n) is 12.5. The monoisotopic (exact) mass is 510 g/mol. The number of pyridine rings is 2. The second-order valence-electron chi connectivity index (χ2n) is 9.35. The van der Waals surface area contributed by atoms with Gasteiger partial charge in [-0.3, -0.25) is 9.78 Å². The number of rotatable bonds is 7. The van der Waals surface area contributed by atoms with Gasteiger partial charge in [0.05, 0.1) is 37.3 Å². The molecule has 38 heavy (non-hydrogen) atoms. The first kappa shape index (κ1) is 25.2. The smallest absolute Gasteiger partial charge is 0.287 e. The second-order valence-corrected chi connectivity index (χ2v) is 9.35. The predicted octanol–water partition coefficient (Wildman–Crippen LogP) is 5.04. The molecule has 1 fully saturated rings. The molecule has 0 bridgehead atoms. The van der Waals surface area contributed by atoms with Crippen LogP contribution in [0.5, 0.6) is 5.75 Å². The van der Waals surface area contributed by atoms with Gasteiger partial charge in [0.1, 0.15) is 0 Å². The zero-order chi connectivity index (χ0) is 26.5. The summed E-state index contributed by atoms with van der Waals surface area (Å²) in [6, 6.07) is 11.3. The highest BCUT2D eigenvalue weighted by Crippen LogP contribution is 2.26. The van der Waals surface area contributed by atoms with Gasteiger partial charge in [0, 0.05) is 23.5 Å². The summed E-state index contributed by atoms with van der Waals surface area (Å²) in [6.45, 7) is 11.7. The van der Waals surface area contributed by atoms with Crippen LogP contribution in [0.1, 0.15) is 31.4 Å². The van der Waals surface area contributed by atoms with E-state index in [0.717, 1.165) is 43.1 Å². The molecular weight excluding hydrogens is 483 g/mol. The molecule has 0 spiro atoms. The molecule has 0 saturated carbocycles. The van der Waals surface area contributed by atoms with Gasteiger partial charge in [0.15, 0.2) is 23.1 Å². The summed E-state index contributed by atoms with van der Waals surface area (Å²) in [5.41, 5.74) is 2.05. The fourth-order valence-corrected chi connectivity index (χ4v) is 4.54. The molecule has 5 rings (SSSR count). The van der Waals surface area contributed by atoms with E-state index in [-0.39, 0.29) is 0 Å². The molecule has 1 aliphatic rings. The van der Waals surface area contributed by atoms with Gasteiger partial charge in [-0.05, 0) is 68.6 Å². The van der Waals surface area contributed by atoms with Gasteiger partial charge in [0.25, 0.3) is 5.56 Å². The predicted molar refractivity (Wildman–Crippen MR) is 143 cm³/mol. The second kappa shape index (κ2) is 11.3. The van der Waals surface area contributed by atoms with Crippen LogP contribution in [0, 0.1) is 18.3 Å². The Morgan fingerprint density at radius 1 is 1.13 bits per heavy atom. The van der Waals surface area contributed by atoms with Gasteiger partial charge in [0.2, 0.25) is 0 Å². The quantitative estimate of drug-likeness (QED) is 0.351. The van der Waals surface area contributed by atoms with Crippen molar-refractivity contribution in [2.75, 3.05) is 19.7 Å². The van der Waals surface area contributed by atoms with Gasteiger partial charge in [-0.15, -0.1) is 0 Å². The highest BCUT2D eigenvalue weighted by atomic mass is 19.1. The molecule has 1 N–H and O–H groups in total. The lowest BCUT2D eigenvalue weighted by atomic mass is 9.99. The van der Waals surface area contributed by atoms with E-state index in [0.29, 0.717) is 41.0 Å². The number of piperidine rings is 1. The van der Waals surface area contributed by atoms with Crippen LogP contribution in [0.2, 0.25) is 0 Å². The van der Waals surface area contributed by atoms with Crippen LogP contribution in [-0.4, -0.2) is 39.2 Å². The van der Waals surface area contributed by atoms with Crippen molar-refractivity contribution in [1.29, 1.82) is 0 Å². The number of hydrogen-bond donors (Lipinski definition) is 1. The number of nitrogens with one attached hydrogen (secondary N) is 1. The van der Waals surface area contributed by atoms with E-state index in [1.165, 1.54) is 10.8 Å². The third-order valence-corrected chi connectivity index (χ3v) is 6.78. The Kier molecular flexibility index (Phi) is 7.52. The minimum absolute atomic E-state index is 0.386. The van der Waals surface area contributed by atoms with Crippen molar-refractivity contribution in [3.63, 3.8) is 0 Å². The molecule has 4 aromatic rings. The molecule has 1 aliphatic heterocycles. The molecule has 0 unspecified atom stereocenters. The third kappa shape index (κ3) is 5.61. The average Bonchev–Trinajstić information content (AvgIpc) is 2.98. The number of aromatic nitrogens is 4. The lowest BCUT2D eigenvalue weighted by Gasteiger charge is -2.22. The van der Waals surface area contributed by atoms with Crippen LogP contribution < -0.4 is 15.6 Å². The van der Waals surface area contributed by atoms with Crippen molar-refractivity contribution in [2.45, 2.75) is 25.8 Å². The number of benzene rings is 1. The third-order valence-electron chi connectivity index (χ3n) is 6.78. The Bertz CT molecular complexity index is 1520. The molecule has 0 aliphatic carbocycles. The van der Waals surface area contributed by atoms with Crippen LogP contribution >= 0.6 is 0 Å². The first-order valence-corrected chi connectivity index (χ1v) is 12.5. The van der Waals surface area contributed by atoms with E-state index in [9.17, 15) is 9.18 Å². The van der Waals surface area contributed by atoms with E-state index in [1.54, 1.807) is 30.7 Å². The van der Waals surface area contributed by atoms with Crippen LogP contribution in [0.3, 0.4) is 0 Å². The molecule has 8 nitrogen and oxygen atoms in total. The topological polar surface area (TPSA) is 86.3 Å². The van der Waals surface area contributed by atoms with Crippen molar-refractivity contribution >= 4 is 5.69 Å². The standard InChI is InChI=1S/C29H27FN6O2/c1-19(36-17-23(13-26(30)29(36)37)27-14-24(31-2)8-11-33-27)21-4-3-5-22(12-21)28-34-15-25(16-35-28)38-18-20-6-9-32-10-7-20/h3-5,8,11-17,19-20,32H,6-7,9-10,18H2,1H3/t19-/m1/s1. The van der Waals surface area contributed by atoms with Gasteiger partial charge in [-0.25, -0.2) is 19.2 Å². The molecule has 3 aromatic heterocycles. The van der Waals surface area contributed by atoms with Gasteiger partial charge in [-0.2, -0.15) is 0 Å². The Hall–Kier alpha value is -4.42. The molecule has 4 heterocycles. The lowest BCUT2D eigenvalue weighted by Crippen LogP contribution is -2.30. The maximum Gasteiger partial charge on any atom is 0.287 e. The number of halogens is 1. The molecule has 1 saturated heterocycles. The summed E-state index contributed by atoms with van der Waals surface area (Å²) < 4.78 is 21.9. The Morgan fingerprint density at radius 3 is 2.68 bits per heavy atom. The van der Waals surface area contributed by atoms with Crippen LogP contribution in [0.25, 0.3) is 27.5 Å². The Morgan fingerprint density at radius 2 is 1.92 bits per heavy atom. The summed E-state index contributed by atoms with van der Waals surface area (Å²) in [5, 5.41) is 3.35. The molecule has 1 atom stereocenters. The average molecular weight is 511 g/mol. The normalized spacial score (nSPS) is 14.6. The molecule has 0 amide bonds. The van der Waals surface area contributed by atoms with Gasteiger partial charge >= 0.3 is 0 Å². The molecule has 0 radical (unpaired) electrons. The van der Waals surface area contributed by atoms with Gasteiger partial charge < -0.3 is 14.6 Å². The van der Waals surface area contributed by atoms with Crippen LogP contribution in [0.4, 0.5) is 10.1 Å². The van der Waals surface area contributed by atoms with Gasteiger partial charge in [-0.1, -0.05) is 18.2 Å². The maximum atomic E-state index is 14.7. The number of nitrogens with zero attached hydrogens (tertiary/aromatic N) is 5. The fraction of sp³-hybridized carbons (Fsp3) is 0.276. The van der Waals surface area contributed by atoms with Crippen molar-refractivity contribution in [3.05, 3.63) is 100 Å². The van der Waals surface area contributed by atoms with E-state index in [1.807, 2.05) is 31.2 Å². The molecule has 192 valence electrons. The largest absolute Gasteiger partial charge is 0.490 e. The van der Waals surface area contributed by atoms with E-state index in [2.05, 4.69) is 25.1 Å². The van der Waals surface area contributed by atoms with E-state index in [4.69, 9.17) is 11.3 Å². The first-order chi connectivity index (χ1) is 18.5. The fourth-order valence-electron chi connectivity index (χ4n) is 4.54. The SMILES string of the molecule is [C-]#[N+]c1ccnc(-c2cc(F)c(=O)n([C@H](C)c3cccc(-c4ncc(OCC5CCNCC5)cn4)c3)c2)c1. The minimum atomic E-state index is -0.885. The molecular formula is C29H27FN6O2. The summed E-state index contributed by atoms with van der Waals surface area (Å²) in [5.74, 6) is 0.810. The maximum absolute atomic E-state index is 14.7. The number of hydrogen-bond acceptors (Lipinski definition) is 6. The van der Waals surface area contributed by atoms with E-state index >= 15 is 0 Å². The highest BCUT2D eigenvalue weighted by Gasteiger charge is 2.17.